The van der Waals surface area contributed by atoms with E-state index in [0.717, 1.165) is 13.1 Å². The molecule has 2 aliphatic rings. The summed E-state index contributed by atoms with van der Waals surface area (Å²) >= 11 is 0. The average Bonchev–Trinajstić information content (AvgIpc) is 2.99. The largest absolute Gasteiger partial charge is 0.329 e. The topological polar surface area (TPSA) is 32.5 Å². The summed E-state index contributed by atoms with van der Waals surface area (Å²) in [7, 11) is 0. The summed E-state index contributed by atoms with van der Waals surface area (Å²) in [5.74, 6) is 0. The molecule has 1 aliphatic carbocycles. The summed E-state index contributed by atoms with van der Waals surface area (Å²) < 4.78 is 0. The number of hydrogen-bond acceptors (Lipinski definition) is 3. The quantitative estimate of drug-likeness (QED) is 0.911. The van der Waals surface area contributed by atoms with Crippen LogP contribution in [0.15, 0.2) is 30.3 Å². The van der Waals surface area contributed by atoms with Crippen molar-refractivity contribution in [1.82, 2.24) is 9.80 Å². The second-order valence-corrected chi connectivity index (χ2v) is 6.38. The smallest absolute Gasteiger partial charge is 0.0332 e. The third kappa shape index (κ3) is 2.90. The molecule has 1 saturated carbocycles. The molecular weight excluding hydrogens is 246 g/mol. The lowest BCUT2D eigenvalue weighted by atomic mass is 9.94. The highest BCUT2D eigenvalue weighted by Crippen LogP contribution is 2.35. The molecule has 0 aromatic heterocycles. The Balaban J connectivity index is 1.54. The molecule has 3 rings (SSSR count). The predicted molar refractivity (Wildman–Crippen MR) is 83.5 cm³/mol. The van der Waals surface area contributed by atoms with Gasteiger partial charge in [0.25, 0.3) is 0 Å². The van der Waals surface area contributed by atoms with E-state index in [1.54, 1.807) is 0 Å². The summed E-state index contributed by atoms with van der Waals surface area (Å²) in [5, 5.41) is 0. The Bertz CT molecular complexity index is 404. The highest BCUT2D eigenvalue weighted by Gasteiger charge is 2.39. The lowest BCUT2D eigenvalue weighted by Crippen LogP contribution is -2.58. The van der Waals surface area contributed by atoms with E-state index < -0.39 is 0 Å². The third-order valence-corrected chi connectivity index (χ3v) is 5.21. The molecule has 2 N–H and O–H groups in total. The molecular formula is C17H27N3. The molecule has 0 unspecified atom stereocenters. The van der Waals surface area contributed by atoms with Gasteiger partial charge in [0.1, 0.15) is 0 Å². The number of benzene rings is 1. The van der Waals surface area contributed by atoms with Crippen molar-refractivity contribution in [2.45, 2.75) is 37.8 Å². The van der Waals surface area contributed by atoms with Crippen LogP contribution >= 0.6 is 0 Å². The Morgan fingerprint density at radius 3 is 2.20 bits per heavy atom. The van der Waals surface area contributed by atoms with Gasteiger partial charge in [-0.25, -0.2) is 0 Å². The van der Waals surface area contributed by atoms with Crippen molar-refractivity contribution >= 4 is 0 Å². The van der Waals surface area contributed by atoms with Gasteiger partial charge in [-0.3, -0.25) is 9.80 Å². The lowest BCUT2D eigenvalue weighted by molar-refractivity contribution is 0.0370. The molecule has 110 valence electrons. The van der Waals surface area contributed by atoms with Crippen LogP contribution in [0.3, 0.4) is 0 Å². The molecule has 0 atom stereocenters. The molecule has 20 heavy (non-hydrogen) atoms. The number of nitrogens with zero attached hydrogens (tertiary/aromatic N) is 2. The van der Waals surface area contributed by atoms with Gasteiger partial charge in [-0.1, -0.05) is 43.2 Å². The van der Waals surface area contributed by atoms with Gasteiger partial charge in [0, 0.05) is 44.8 Å². The fourth-order valence-electron chi connectivity index (χ4n) is 3.90. The first-order valence-electron chi connectivity index (χ1n) is 8.04. The van der Waals surface area contributed by atoms with E-state index >= 15 is 0 Å². The van der Waals surface area contributed by atoms with E-state index in [4.69, 9.17) is 5.73 Å². The Morgan fingerprint density at radius 2 is 1.60 bits per heavy atom. The number of hydrogen-bond donors (Lipinski definition) is 1. The Hall–Kier alpha value is -0.900. The van der Waals surface area contributed by atoms with Gasteiger partial charge in [-0.15, -0.1) is 0 Å². The van der Waals surface area contributed by atoms with E-state index in [-0.39, 0.29) is 0 Å². The van der Waals surface area contributed by atoms with E-state index in [2.05, 4.69) is 40.1 Å². The van der Waals surface area contributed by atoms with Gasteiger partial charge in [-0.05, 0) is 18.4 Å². The normalized spacial score (nSPS) is 24.1. The van der Waals surface area contributed by atoms with Crippen LogP contribution in [0.25, 0.3) is 0 Å². The summed E-state index contributed by atoms with van der Waals surface area (Å²) in [6.45, 7) is 6.65. The second-order valence-electron chi connectivity index (χ2n) is 6.38. The molecule has 2 fully saturated rings. The summed E-state index contributed by atoms with van der Waals surface area (Å²) in [4.78, 5) is 5.26. The van der Waals surface area contributed by atoms with Crippen LogP contribution in [0.4, 0.5) is 0 Å². The van der Waals surface area contributed by atoms with Gasteiger partial charge in [0.2, 0.25) is 0 Å². The minimum absolute atomic E-state index is 0.332. The fraction of sp³-hybridized carbons (Fsp3) is 0.647. The van der Waals surface area contributed by atoms with Crippen molar-refractivity contribution < 1.29 is 0 Å². The molecule has 1 aromatic carbocycles. The van der Waals surface area contributed by atoms with Crippen molar-refractivity contribution in [1.29, 1.82) is 0 Å². The Labute approximate surface area is 122 Å². The first-order chi connectivity index (χ1) is 9.82. The van der Waals surface area contributed by atoms with Crippen LogP contribution in [0, 0.1) is 0 Å². The van der Waals surface area contributed by atoms with Crippen LogP contribution in [0.1, 0.15) is 31.2 Å². The van der Waals surface area contributed by atoms with E-state index in [1.807, 2.05) is 0 Å². The van der Waals surface area contributed by atoms with Crippen LogP contribution in [0.5, 0.6) is 0 Å². The van der Waals surface area contributed by atoms with Gasteiger partial charge >= 0.3 is 0 Å². The third-order valence-electron chi connectivity index (χ3n) is 5.21. The van der Waals surface area contributed by atoms with E-state index in [9.17, 15) is 0 Å². The molecule has 1 saturated heterocycles. The molecule has 3 nitrogen and oxygen atoms in total. The maximum atomic E-state index is 6.10. The van der Waals surface area contributed by atoms with Gasteiger partial charge < -0.3 is 5.73 Å². The number of piperazine rings is 1. The lowest BCUT2D eigenvalue weighted by Gasteiger charge is -2.45. The maximum Gasteiger partial charge on any atom is 0.0332 e. The SMILES string of the molecule is NCC1(N2CCN(Cc3ccccc3)CC2)CCCC1. The summed E-state index contributed by atoms with van der Waals surface area (Å²) in [6.07, 6.45) is 5.34. The molecule has 0 amide bonds. The van der Waals surface area contributed by atoms with Gasteiger partial charge in [0.05, 0.1) is 0 Å². The number of nitrogens with two attached hydrogens (primary N) is 1. The van der Waals surface area contributed by atoms with Crippen molar-refractivity contribution in [2.24, 2.45) is 5.73 Å². The van der Waals surface area contributed by atoms with Crippen molar-refractivity contribution in [3.63, 3.8) is 0 Å². The predicted octanol–water partition coefficient (Wildman–Crippen LogP) is 2.08. The molecule has 3 heteroatoms. The van der Waals surface area contributed by atoms with Gasteiger partial charge in [0.15, 0.2) is 0 Å². The molecule has 0 radical (unpaired) electrons. The minimum Gasteiger partial charge on any atom is -0.329 e. The Kier molecular flexibility index (Phi) is 4.39. The highest BCUT2D eigenvalue weighted by molar-refractivity contribution is 5.14. The second kappa shape index (κ2) is 6.25. The van der Waals surface area contributed by atoms with Crippen molar-refractivity contribution in [3.8, 4) is 0 Å². The zero-order valence-corrected chi connectivity index (χ0v) is 12.4. The van der Waals surface area contributed by atoms with Gasteiger partial charge in [-0.2, -0.15) is 0 Å². The van der Waals surface area contributed by atoms with Crippen LogP contribution in [-0.4, -0.2) is 48.1 Å². The first-order valence-corrected chi connectivity index (χ1v) is 8.04. The van der Waals surface area contributed by atoms with Crippen molar-refractivity contribution in [2.75, 3.05) is 32.7 Å². The van der Waals surface area contributed by atoms with E-state index in [1.165, 1.54) is 57.4 Å². The highest BCUT2D eigenvalue weighted by atomic mass is 15.3. The molecule has 0 bridgehead atoms. The summed E-state index contributed by atoms with van der Waals surface area (Å²) in [5.41, 5.74) is 7.86. The molecule has 1 heterocycles. The zero-order chi connectivity index (χ0) is 13.8. The zero-order valence-electron chi connectivity index (χ0n) is 12.4. The van der Waals surface area contributed by atoms with Crippen LogP contribution in [0.2, 0.25) is 0 Å². The average molecular weight is 273 g/mol. The maximum absolute atomic E-state index is 6.10. The molecule has 1 aliphatic heterocycles. The van der Waals surface area contributed by atoms with Crippen LogP contribution in [-0.2, 0) is 6.54 Å². The summed E-state index contributed by atoms with van der Waals surface area (Å²) in [6, 6.07) is 10.8. The number of rotatable bonds is 4. The monoisotopic (exact) mass is 273 g/mol. The fourth-order valence-corrected chi connectivity index (χ4v) is 3.90. The van der Waals surface area contributed by atoms with Crippen molar-refractivity contribution in [3.05, 3.63) is 35.9 Å². The molecule has 0 spiro atoms. The minimum atomic E-state index is 0.332. The van der Waals surface area contributed by atoms with E-state index in [0.29, 0.717) is 5.54 Å². The van der Waals surface area contributed by atoms with Crippen LogP contribution < -0.4 is 5.73 Å². The first kappa shape index (κ1) is 14.1. The molecule has 1 aromatic rings. The standard InChI is InChI=1S/C17H27N3/c18-15-17(8-4-5-9-17)20-12-10-19(11-13-20)14-16-6-2-1-3-7-16/h1-3,6-7H,4-5,8-15,18H2. The Morgan fingerprint density at radius 1 is 0.950 bits per heavy atom.